The summed E-state index contributed by atoms with van der Waals surface area (Å²) in [5, 5.41) is 7.71. The normalized spacial score (nSPS) is 17.3. The lowest BCUT2D eigenvalue weighted by Crippen LogP contribution is -2.43. The van der Waals surface area contributed by atoms with Gasteiger partial charge in [-0.2, -0.15) is 4.98 Å². The number of hydrogen-bond donors (Lipinski definition) is 1. The number of hydrogen-bond acceptors (Lipinski definition) is 6. The average Bonchev–Trinajstić information content (AvgIpc) is 3.08. The molecule has 1 aliphatic heterocycles. The van der Waals surface area contributed by atoms with Crippen LogP contribution in [-0.4, -0.2) is 34.1 Å². The molecule has 4 rings (SSSR count). The highest BCUT2D eigenvalue weighted by Crippen LogP contribution is 2.29. The van der Waals surface area contributed by atoms with Gasteiger partial charge in [-0.15, -0.1) is 0 Å². The van der Waals surface area contributed by atoms with E-state index in [-0.39, 0.29) is 17.6 Å². The van der Waals surface area contributed by atoms with Crippen LogP contribution in [0.2, 0.25) is 0 Å². The standard InChI is InChI=1S/C19H20FN5O2/c1-12-16-17(22-11-23-19(16)27-24-12)25-8-2-3-14(10-25)18(26)21-9-13-4-6-15(20)7-5-13/h4-7,11,14H,2-3,8-10H2,1H3,(H,21,26)/t14-/m0/s1. The van der Waals surface area contributed by atoms with Gasteiger partial charge in [0.05, 0.1) is 11.6 Å². The minimum Gasteiger partial charge on any atom is -0.355 e. The SMILES string of the molecule is Cc1noc2ncnc(N3CCC[C@H](C(=O)NCc4ccc(F)cc4)C3)c12. The van der Waals surface area contributed by atoms with Gasteiger partial charge in [0.2, 0.25) is 5.91 Å². The molecular formula is C19H20FN5O2. The molecule has 1 amide bonds. The van der Waals surface area contributed by atoms with Crippen LogP contribution in [-0.2, 0) is 11.3 Å². The number of benzene rings is 1. The molecule has 1 fully saturated rings. The van der Waals surface area contributed by atoms with Crippen molar-refractivity contribution in [3.05, 3.63) is 47.7 Å². The Kier molecular flexibility index (Phi) is 4.70. The van der Waals surface area contributed by atoms with Crippen LogP contribution >= 0.6 is 0 Å². The van der Waals surface area contributed by atoms with Gasteiger partial charge in [-0.1, -0.05) is 17.3 Å². The first-order chi connectivity index (χ1) is 13.1. The van der Waals surface area contributed by atoms with Crippen molar-refractivity contribution in [3.63, 3.8) is 0 Å². The van der Waals surface area contributed by atoms with Gasteiger partial charge in [0.1, 0.15) is 23.3 Å². The number of fused-ring (bicyclic) bond motifs is 1. The third-order valence-corrected chi connectivity index (χ3v) is 4.90. The fraction of sp³-hybridized carbons (Fsp3) is 0.368. The van der Waals surface area contributed by atoms with Crippen LogP contribution in [0.1, 0.15) is 24.1 Å². The summed E-state index contributed by atoms with van der Waals surface area (Å²) in [6.45, 7) is 3.64. The van der Waals surface area contributed by atoms with E-state index in [0.29, 0.717) is 18.8 Å². The van der Waals surface area contributed by atoms with E-state index in [1.807, 2.05) is 6.92 Å². The molecule has 1 aliphatic rings. The van der Waals surface area contributed by atoms with Gasteiger partial charge in [-0.25, -0.2) is 9.37 Å². The van der Waals surface area contributed by atoms with Crippen molar-refractivity contribution in [2.45, 2.75) is 26.3 Å². The first kappa shape index (κ1) is 17.4. The Hall–Kier alpha value is -3.03. The highest BCUT2D eigenvalue weighted by Gasteiger charge is 2.28. The highest BCUT2D eigenvalue weighted by molar-refractivity contribution is 5.88. The number of nitrogens with zero attached hydrogens (tertiary/aromatic N) is 4. The second-order valence-electron chi connectivity index (χ2n) is 6.77. The molecule has 8 heteroatoms. The minimum absolute atomic E-state index is 0.00337. The van der Waals surface area contributed by atoms with E-state index in [0.717, 1.165) is 41.8 Å². The molecule has 0 saturated carbocycles. The number of amides is 1. The molecule has 0 radical (unpaired) electrons. The Bertz CT molecular complexity index is 956. The second-order valence-corrected chi connectivity index (χ2v) is 6.77. The molecule has 1 saturated heterocycles. The number of aryl methyl sites for hydroxylation is 1. The zero-order valence-corrected chi connectivity index (χ0v) is 15.0. The molecule has 140 valence electrons. The number of piperidine rings is 1. The summed E-state index contributed by atoms with van der Waals surface area (Å²) in [5.41, 5.74) is 2.07. The van der Waals surface area contributed by atoms with Gasteiger partial charge in [0.25, 0.3) is 5.71 Å². The highest BCUT2D eigenvalue weighted by atomic mass is 19.1. The lowest BCUT2D eigenvalue weighted by atomic mass is 9.96. The van der Waals surface area contributed by atoms with Crippen LogP contribution < -0.4 is 10.2 Å². The summed E-state index contributed by atoms with van der Waals surface area (Å²) in [5.74, 6) is 0.337. The Morgan fingerprint density at radius 2 is 2.15 bits per heavy atom. The molecule has 0 unspecified atom stereocenters. The molecule has 3 heterocycles. The number of nitrogens with one attached hydrogen (secondary N) is 1. The largest absolute Gasteiger partial charge is 0.355 e. The summed E-state index contributed by atoms with van der Waals surface area (Å²) < 4.78 is 18.2. The maximum absolute atomic E-state index is 13.0. The number of carbonyl (C=O) groups excluding carboxylic acids is 1. The van der Waals surface area contributed by atoms with Crippen molar-refractivity contribution in [2.75, 3.05) is 18.0 Å². The first-order valence-corrected chi connectivity index (χ1v) is 8.96. The number of carbonyl (C=O) groups is 1. The molecule has 7 nitrogen and oxygen atoms in total. The van der Waals surface area contributed by atoms with Crippen LogP contribution in [0, 0.1) is 18.7 Å². The Balaban J connectivity index is 1.45. The molecule has 27 heavy (non-hydrogen) atoms. The zero-order valence-electron chi connectivity index (χ0n) is 15.0. The maximum Gasteiger partial charge on any atom is 0.263 e. The Morgan fingerprint density at radius 3 is 2.96 bits per heavy atom. The first-order valence-electron chi connectivity index (χ1n) is 8.96. The number of anilines is 1. The van der Waals surface area contributed by atoms with Gasteiger partial charge in [-0.05, 0) is 37.5 Å². The van der Waals surface area contributed by atoms with E-state index in [1.54, 1.807) is 12.1 Å². The monoisotopic (exact) mass is 369 g/mol. The van der Waals surface area contributed by atoms with Gasteiger partial charge in [0.15, 0.2) is 0 Å². The summed E-state index contributed by atoms with van der Waals surface area (Å²) >= 11 is 0. The van der Waals surface area contributed by atoms with Crippen molar-refractivity contribution in [2.24, 2.45) is 5.92 Å². The average molecular weight is 369 g/mol. The van der Waals surface area contributed by atoms with E-state index in [1.165, 1.54) is 18.5 Å². The van der Waals surface area contributed by atoms with E-state index >= 15 is 0 Å². The van der Waals surface area contributed by atoms with Gasteiger partial charge in [-0.3, -0.25) is 4.79 Å². The van der Waals surface area contributed by atoms with Crippen molar-refractivity contribution in [3.8, 4) is 0 Å². The molecular weight excluding hydrogens is 349 g/mol. The van der Waals surface area contributed by atoms with Crippen molar-refractivity contribution in [1.82, 2.24) is 20.4 Å². The third kappa shape index (κ3) is 3.60. The number of rotatable bonds is 4. The molecule has 1 aromatic carbocycles. The fourth-order valence-electron chi connectivity index (χ4n) is 3.46. The lowest BCUT2D eigenvalue weighted by molar-refractivity contribution is -0.125. The van der Waals surface area contributed by atoms with Gasteiger partial charge >= 0.3 is 0 Å². The van der Waals surface area contributed by atoms with E-state index in [9.17, 15) is 9.18 Å². The molecule has 2 aromatic heterocycles. The van der Waals surface area contributed by atoms with Crippen molar-refractivity contribution in [1.29, 1.82) is 0 Å². The van der Waals surface area contributed by atoms with Gasteiger partial charge in [0, 0.05) is 19.6 Å². The molecule has 1 N–H and O–H groups in total. The van der Waals surface area contributed by atoms with Crippen molar-refractivity contribution >= 4 is 22.8 Å². The third-order valence-electron chi connectivity index (χ3n) is 4.90. The predicted octanol–water partition coefficient (Wildman–Crippen LogP) is 2.60. The molecule has 1 atom stereocenters. The maximum atomic E-state index is 13.0. The molecule has 0 aliphatic carbocycles. The zero-order chi connectivity index (χ0) is 18.8. The van der Waals surface area contributed by atoms with Crippen LogP contribution in [0.3, 0.4) is 0 Å². The number of halogens is 1. The lowest BCUT2D eigenvalue weighted by Gasteiger charge is -2.33. The Morgan fingerprint density at radius 1 is 1.33 bits per heavy atom. The van der Waals surface area contributed by atoms with Crippen LogP contribution in [0.4, 0.5) is 10.2 Å². The summed E-state index contributed by atoms with van der Waals surface area (Å²) in [7, 11) is 0. The summed E-state index contributed by atoms with van der Waals surface area (Å²) in [6, 6.07) is 6.14. The van der Waals surface area contributed by atoms with Crippen LogP contribution in [0.25, 0.3) is 11.1 Å². The van der Waals surface area contributed by atoms with Crippen LogP contribution in [0.5, 0.6) is 0 Å². The topological polar surface area (TPSA) is 84.2 Å². The van der Waals surface area contributed by atoms with E-state index < -0.39 is 0 Å². The van der Waals surface area contributed by atoms with E-state index in [4.69, 9.17) is 4.52 Å². The fourth-order valence-corrected chi connectivity index (χ4v) is 3.46. The predicted molar refractivity (Wildman–Crippen MR) is 97.5 cm³/mol. The molecule has 3 aromatic rings. The summed E-state index contributed by atoms with van der Waals surface area (Å²) in [6.07, 6.45) is 3.17. The Labute approximate surface area is 155 Å². The minimum atomic E-state index is -0.284. The summed E-state index contributed by atoms with van der Waals surface area (Å²) in [4.78, 5) is 23.2. The van der Waals surface area contributed by atoms with E-state index in [2.05, 4.69) is 25.3 Å². The van der Waals surface area contributed by atoms with Crippen LogP contribution in [0.15, 0.2) is 35.1 Å². The number of aromatic nitrogens is 3. The quantitative estimate of drug-likeness (QED) is 0.761. The van der Waals surface area contributed by atoms with Gasteiger partial charge < -0.3 is 14.7 Å². The van der Waals surface area contributed by atoms with Crippen molar-refractivity contribution < 1.29 is 13.7 Å². The smallest absolute Gasteiger partial charge is 0.263 e. The second kappa shape index (κ2) is 7.30. The molecule has 0 spiro atoms. The molecule has 0 bridgehead atoms.